The maximum absolute atomic E-state index is 12.5. The molecule has 25 heavy (non-hydrogen) atoms. The number of benzene rings is 1. The van der Waals surface area contributed by atoms with Gasteiger partial charge >= 0.3 is 6.03 Å². The van der Waals surface area contributed by atoms with Crippen LogP contribution in [0.3, 0.4) is 0 Å². The molecule has 1 aliphatic rings. The van der Waals surface area contributed by atoms with Gasteiger partial charge in [0, 0.05) is 24.8 Å². The molecule has 2 rings (SSSR count). The SMILES string of the molecule is C[C@@H]1C(=O)N(CC(=O)NCC(=O)N(C)C)C(=O)N1c1ccc(Cl)cc1. The fourth-order valence-electron chi connectivity index (χ4n) is 2.34. The van der Waals surface area contributed by atoms with Crippen molar-refractivity contribution in [1.82, 2.24) is 15.1 Å². The highest BCUT2D eigenvalue weighted by Gasteiger charge is 2.44. The number of carbonyl (C=O) groups is 4. The molecule has 1 atom stereocenters. The molecule has 1 aliphatic heterocycles. The van der Waals surface area contributed by atoms with Gasteiger partial charge in [-0.3, -0.25) is 24.2 Å². The molecule has 134 valence electrons. The molecule has 1 fully saturated rings. The Labute approximate surface area is 150 Å². The van der Waals surface area contributed by atoms with Crippen LogP contribution in [-0.4, -0.2) is 66.8 Å². The number of imide groups is 1. The summed E-state index contributed by atoms with van der Waals surface area (Å²) in [5, 5.41) is 2.91. The van der Waals surface area contributed by atoms with Crippen molar-refractivity contribution in [2.75, 3.05) is 32.1 Å². The summed E-state index contributed by atoms with van der Waals surface area (Å²) in [5.41, 5.74) is 0.515. The van der Waals surface area contributed by atoms with E-state index in [0.717, 1.165) is 4.90 Å². The Morgan fingerprint density at radius 1 is 1.20 bits per heavy atom. The molecule has 0 saturated carbocycles. The van der Waals surface area contributed by atoms with Crippen molar-refractivity contribution in [1.29, 1.82) is 0 Å². The standard InChI is InChI=1S/C16H19ClN4O4/c1-10-15(24)20(9-13(22)18-8-14(23)19(2)3)16(25)21(10)12-6-4-11(17)5-7-12/h4-7,10H,8-9H2,1-3H3,(H,18,22)/t10-/m1/s1. The largest absolute Gasteiger partial charge is 0.347 e. The summed E-state index contributed by atoms with van der Waals surface area (Å²) in [6, 6.07) is 5.17. The van der Waals surface area contributed by atoms with E-state index in [0.29, 0.717) is 10.7 Å². The van der Waals surface area contributed by atoms with Gasteiger partial charge in [-0.05, 0) is 31.2 Å². The Bertz CT molecular complexity index is 705. The Balaban J connectivity index is 2.06. The summed E-state index contributed by atoms with van der Waals surface area (Å²) in [4.78, 5) is 51.8. The van der Waals surface area contributed by atoms with E-state index >= 15 is 0 Å². The molecule has 0 unspecified atom stereocenters. The summed E-state index contributed by atoms with van der Waals surface area (Å²) in [6.45, 7) is 0.952. The molecule has 0 aromatic heterocycles. The highest BCUT2D eigenvalue weighted by molar-refractivity contribution is 6.30. The number of nitrogens with zero attached hydrogens (tertiary/aromatic N) is 3. The van der Waals surface area contributed by atoms with Crippen molar-refractivity contribution in [2.24, 2.45) is 0 Å². The predicted octanol–water partition coefficient (Wildman–Crippen LogP) is 0.701. The molecule has 0 spiro atoms. The van der Waals surface area contributed by atoms with Gasteiger partial charge in [-0.25, -0.2) is 4.79 Å². The van der Waals surface area contributed by atoms with Gasteiger partial charge in [-0.15, -0.1) is 0 Å². The molecule has 1 aromatic carbocycles. The van der Waals surface area contributed by atoms with E-state index in [1.165, 1.54) is 9.80 Å². The van der Waals surface area contributed by atoms with Crippen molar-refractivity contribution >= 4 is 41.0 Å². The highest BCUT2D eigenvalue weighted by Crippen LogP contribution is 2.26. The van der Waals surface area contributed by atoms with Gasteiger partial charge in [0.2, 0.25) is 11.8 Å². The van der Waals surface area contributed by atoms with Crippen LogP contribution in [0.1, 0.15) is 6.92 Å². The van der Waals surface area contributed by atoms with Crippen molar-refractivity contribution in [3.63, 3.8) is 0 Å². The van der Waals surface area contributed by atoms with Crippen LogP contribution in [0.5, 0.6) is 0 Å². The number of halogens is 1. The summed E-state index contributed by atoms with van der Waals surface area (Å²) < 4.78 is 0. The van der Waals surface area contributed by atoms with Gasteiger partial charge in [-0.1, -0.05) is 11.6 Å². The maximum atomic E-state index is 12.5. The van der Waals surface area contributed by atoms with Gasteiger partial charge in [0.15, 0.2) is 0 Å². The molecular weight excluding hydrogens is 348 g/mol. The van der Waals surface area contributed by atoms with Crippen LogP contribution in [0, 0.1) is 0 Å². The van der Waals surface area contributed by atoms with Crippen LogP contribution in [0.15, 0.2) is 24.3 Å². The van der Waals surface area contributed by atoms with Crippen molar-refractivity contribution in [3.05, 3.63) is 29.3 Å². The number of rotatable bonds is 5. The number of likely N-dealkylation sites (N-methyl/N-ethyl adjacent to an activating group) is 1. The van der Waals surface area contributed by atoms with E-state index in [9.17, 15) is 19.2 Å². The minimum atomic E-state index is -0.732. The zero-order valence-electron chi connectivity index (χ0n) is 14.2. The van der Waals surface area contributed by atoms with Crippen LogP contribution in [0.25, 0.3) is 0 Å². The summed E-state index contributed by atoms with van der Waals surface area (Å²) >= 11 is 5.84. The minimum Gasteiger partial charge on any atom is -0.347 e. The normalized spacial score (nSPS) is 17.0. The van der Waals surface area contributed by atoms with Crippen molar-refractivity contribution in [2.45, 2.75) is 13.0 Å². The third-order valence-electron chi connectivity index (χ3n) is 3.79. The lowest BCUT2D eigenvalue weighted by Crippen LogP contribution is -2.44. The number of hydrogen-bond donors (Lipinski definition) is 1. The third-order valence-corrected chi connectivity index (χ3v) is 4.04. The van der Waals surface area contributed by atoms with Crippen LogP contribution < -0.4 is 10.2 Å². The van der Waals surface area contributed by atoms with E-state index in [-0.39, 0.29) is 12.5 Å². The lowest BCUT2D eigenvalue weighted by molar-refractivity contribution is -0.133. The second-order valence-electron chi connectivity index (χ2n) is 5.79. The minimum absolute atomic E-state index is 0.196. The zero-order valence-corrected chi connectivity index (χ0v) is 14.9. The number of anilines is 1. The highest BCUT2D eigenvalue weighted by atomic mass is 35.5. The lowest BCUT2D eigenvalue weighted by atomic mass is 10.2. The summed E-state index contributed by atoms with van der Waals surface area (Å²) in [7, 11) is 3.13. The quantitative estimate of drug-likeness (QED) is 0.777. The van der Waals surface area contributed by atoms with E-state index in [1.807, 2.05) is 0 Å². The zero-order chi connectivity index (χ0) is 18.7. The number of nitrogens with one attached hydrogen (secondary N) is 1. The topological polar surface area (TPSA) is 90.0 Å². The van der Waals surface area contributed by atoms with Crippen LogP contribution in [0.2, 0.25) is 5.02 Å². The second-order valence-corrected chi connectivity index (χ2v) is 6.23. The summed E-state index contributed by atoms with van der Waals surface area (Å²) in [5.74, 6) is -1.35. The molecule has 1 aromatic rings. The molecule has 0 radical (unpaired) electrons. The van der Waals surface area contributed by atoms with Gasteiger partial charge in [-0.2, -0.15) is 0 Å². The molecule has 1 heterocycles. The van der Waals surface area contributed by atoms with Crippen molar-refractivity contribution < 1.29 is 19.2 Å². The first-order valence-electron chi connectivity index (χ1n) is 7.59. The average molecular weight is 367 g/mol. The maximum Gasteiger partial charge on any atom is 0.332 e. The molecule has 9 heteroatoms. The molecule has 5 amide bonds. The molecule has 1 saturated heterocycles. The first-order valence-corrected chi connectivity index (χ1v) is 7.97. The average Bonchev–Trinajstić information content (AvgIpc) is 2.77. The van der Waals surface area contributed by atoms with E-state index in [4.69, 9.17) is 11.6 Å². The fraction of sp³-hybridized carbons (Fsp3) is 0.375. The smallest absolute Gasteiger partial charge is 0.332 e. The first kappa shape index (κ1) is 18.7. The molecular formula is C16H19ClN4O4. The Morgan fingerprint density at radius 3 is 2.36 bits per heavy atom. The number of urea groups is 1. The van der Waals surface area contributed by atoms with Gasteiger partial charge in [0.05, 0.1) is 6.54 Å². The van der Waals surface area contributed by atoms with E-state index in [2.05, 4.69) is 5.32 Å². The monoisotopic (exact) mass is 366 g/mol. The van der Waals surface area contributed by atoms with Crippen LogP contribution in [-0.2, 0) is 14.4 Å². The summed E-state index contributed by atoms with van der Waals surface area (Å²) in [6.07, 6.45) is 0. The van der Waals surface area contributed by atoms with Crippen LogP contribution in [0.4, 0.5) is 10.5 Å². The Hall–Kier alpha value is -2.61. The Kier molecular flexibility index (Phi) is 5.63. The number of amides is 5. The molecule has 0 aliphatic carbocycles. The number of carbonyl (C=O) groups excluding carboxylic acids is 4. The van der Waals surface area contributed by atoms with Crippen LogP contribution >= 0.6 is 11.6 Å². The van der Waals surface area contributed by atoms with Crippen molar-refractivity contribution in [3.8, 4) is 0 Å². The lowest BCUT2D eigenvalue weighted by Gasteiger charge is -2.19. The second kappa shape index (κ2) is 7.52. The van der Waals surface area contributed by atoms with E-state index in [1.54, 1.807) is 45.3 Å². The molecule has 0 bridgehead atoms. The van der Waals surface area contributed by atoms with Gasteiger partial charge in [0.25, 0.3) is 5.91 Å². The molecule has 1 N–H and O–H groups in total. The fourth-order valence-corrected chi connectivity index (χ4v) is 2.47. The number of hydrogen-bond acceptors (Lipinski definition) is 4. The van der Waals surface area contributed by atoms with Gasteiger partial charge in [0.1, 0.15) is 12.6 Å². The first-order chi connectivity index (χ1) is 11.7. The third kappa shape index (κ3) is 4.08. The Morgan fingerprint density at radius 2 is 1.80 bits per heavy atom. The predicted molar refractivity (Wildman–Crippen MR) is 92.2 cm³/mol. The van der Waals surface area contributed by atoms with Gasteiger partial charge < -0.3 is 10.2 Å². The molecule has 8 nitrogen and oxygen atoms in total. The van der Waals surface area contributed by atoms with E-state index < -0.39 is 30.4 Å².